The van der Waals surface area contributed by atoms with E-state index in [-0.39, 0.29) is 0 Å². The summed E-state index contributed by atoms with van der Waals surface area (Å²) >= 11 is 0. The first-order valence-electron chi connectivity index (χ1n) is 2.38. The quantitative estimate of drug-likeness (QED) is 0.353. The van der Waals surface area contributed by atoms with Gasteiger partial charge >= 0.3 is 0 Å². The van der Waals surface area contributed by atoms with Crippen LogP contribution in [0.2, 0.25) is 0 Å². The molecule has 0 heteroatoms. The van der Waals surface area contributed by atoms with Crippen molar-refractivity contribution in [3.63, 3.8) is 0 Å². The van der Waals surface area contributed by atoms with Crippen molar-refractivity contribution in [1.29, 1.82) is 0 Å². The van der Waals surface area contributed by atoms with Crippen LogP contribution in [0.1, 0.15) is 6.92 Å². The van der Waals surface area contributed by atoms with Gasteiger partial charge in [-0.25, -0.2) is 0 Å². The molecule has 1 radical (unpaired) electrons. The van der Waals surface area contributed by atoms with Gasteiger partial charge in [0.1, 0.15) is 0 Å². The number of hydrogen-bond acceptors (Lipinski definition) is 0. The Morgan fingerprint density at radius 3 is 2.62 bits per heavy atom. The highest BCUT2D eigenvalue weighted by Crippen LogP contribution is 1.86. The number of hydrogen-bond donors (Lipinski definition) is 0. The first-order chi connectivity index (χ1) is 3.81. The predicted molar refractivity (Wildman–Crippen MR) is 37.1 cm³/mol. The molecule has 0 fully saturated rings. The van der Waals surface area contributed by atoms with Gasteiger partial charge in [0.05, 0.1) is 0 Å². The molecular formula is C8H9. The normalized spacial score (nSPS) is 9.50. The molecule has 0 N–H and O–H groups in total. The Kier molecular flexibility index (Phi) is 3.70. The zero-order chi connectivity index (χ0) is 6.41. The highest BCUT2D eigenvalue weighted by Gasteiger charge is 1.71. The lowest BCUT2D eigenvalue weighted by molar-refractivity contribution is 1.77. The highest BCUT2D eigenvalue weighted by atomic mass is 13.8. The van der Waals surface area contributed by atoms with Gasteiger partial charge < -0.3 is 0 Å². The minimum absolute atomic E-state index is 0.808. The smallest absolute Gasteiger partial charge is 0.00234 e. The van der Waals surface area contributed by atoms with Crippen molar-refractivity contribution in [2.24, 2.45) is 0 Å². The molecule has 0 aromatic carbocycles. The summed E-state index contributed by atoms with van der Waals surface area (Å²) in [6, 6.07) is 0. The van der Waals surface area contributed by atoms with Crippen LogP contribution in [0.25, 0.3) is 0 Å². The van der Waals surface area contributed by atoms with E-state index in [9.17, 15) is 0 Å². The molecule has 0 aliphatic carbocycles. The summed E-state index contributed by atoms with van der Waals surface area (Å²) < 4.78 is 0. The summed E-state index contributed by atoms with van der Waals surface area (Å²) in [7, 11) is 0. The molecule has 0 aliphatic heterocycles. The van der Waals surface area contributed by atoms with Crippen LogP contribution in [0.4, 0.5) is 0 Å². The molecule has 0 rings (SSSR count). The van der Waals surface area contributed by atoms with Gasteiger partial charge in [-0.2, -0.15) is 0 Å². The van der Waals surface area contributed by atoms with Crippen LogP contribution >= 0.6 is 0 Å². The van der Waals surface area contributed by atoms with E-state index < -0.39 is 0 Å². The van der Waals surface area contributed by atoms with Gasteiger partial charge in [0.15, 0.2) is 0 Å². The molecule has 0 aliphatic rings. The molecule has 0 saturated heterocycles. The first-order valence-corrected chi connectivity index (χ1v) is 2.38. The van der Waals surface area contributed by atoms with Gasteiger partial charge in [0.25, 0.3) is 0 Å². The maximum absolute atomic E-state index is 3.63. The van der Waals surface area contributed by atoms with E-state index in [2.05, 4.69) is 25.3 Å². The Bertz CT molecular complexity index is 151. The fourth-order valence-electron chi connectivity index (χ4n) is 0.344. The maximum Gasteiger partial charge on any atom is 0.00234 e. The second-order valence-corrected chi connectivity index (χ2v) is 1.30. The van der Waals surface area contributed by atoms with Crippen LogP contribution < -0.4 is 0 Å². The van der Waals surface area contributed by atoms with Crippen LogP contribution in [-0.4, -0.2) is 0 Å². The zero-order valence-corrected chi connectivity index (χ0v) is 5.07. The Hall–Kier alpha value is -0.960. The van der Waals surface area contributed by atoms with Gasteiger partial charge in [-0.1, -0.05) is 24.7 Å². The molecule has 0 amide bonds. The van der Waals surface area contributed by atoms with Crippen molar-refractivity contribution in [3.8, 4) is 11.8 Å². The summed E-state index contributed by atoms with van der Waals surface area (Å²) in [5.74, 6) is 5.50. The molecular weight excluding hydrogens is 96.1 g/mol. The van der Waals surface area contributed by atoms with Gasteiger partial charge in [-0.15, -0.1) is 5.92 Å². The van der Waals surface area contributed by atoms with Gasteiger partial charge in [0, 0.05) is 5.57 Å². The van der Waals surface area contributed by atoms with Crippen LogP contribution in [0, 0.1) is 18.8 Å². The van der Waals surface area contributed by atoms with Gasteiger partial charge in [-0.3, -0.25) is 0 Å². The lowest BCUT2D eigenvalue weighted by Crippen LogP contribution is -1.63. The first kappa shape index (κ1) is 7.04. The third-order valence-corrected chi connectivity index (χ3v) is 0.605. The molecule has 0 bridgehead atoms. The molecule has 41 valence electrons. The number of allylic oxidation sites excluding steroid dienone is 3. The fraction of sp³-hybridized carbons (Fsp3) is 0.125. The van der Waals surface area contributed by atoms with E-state index in [1.807, 2.05) is 0 Å². The minimum Gasteiger partial charge on any atom is -0.102 e. The summed E-state index contributed by atoms with van der Waals surface area (Å²) in [4.78, 5) is 0. The van der Waals surface area contributed by atoms with E-state index >= 15 is 0 Å². The molecule has 0 nitrogen and oxygen atoms in total. The average Bonchev–Trinajstić information content (AvgIpc) is 1.68. The molecule has 8 heavy (non-hydrogen) atoms. The van der Waals surface area contributed by atoms with E-state index in [1.54, 1.807) is 19.1 Å². The van der Waals surface area contributed by atoms with E-state index in [4.69, 9.17) is 0 Å². The van der Waals surface area contributed by atoms with Crippen LogP contribution in [0.3, 0.4) is 0 Å². The van der Waals surface area contributed by atoms with Gasteiger partial charge in [-0.05, 0) is 13.8 Å². The van der Waals surface area contributed by atoms with E-state index in [0.717, 1.165) is 5.57 Å². The predicted octanol–water partition coefficient (Wildman–Crippen LogP) is 1.96. The van der Waals surface area contributed by atoms with Crippen molar-refractivity contribution < 1.29 is 0 Å². The minimum atomic E-state index is 0.808. The Morgan fingerprint density at radius 2 is 2.25 bits per heavy atom. The Morgan fingerprint density at radius 1 is 1.62 bits per heavy atom. The fourth-order valence-corrected chi connectivity index (χ4v) is 0.344. The van der Waals surface area contributed by atoms with Crippen LogP contribution in [0.15, 0.2) is 24.3 Å². The average molecular weight is 105 g/mol. The summed E-state index contributed by atoms with van der Waals surface area (Å²) in [5, 5.41) is 0. The molecule has 0 saturated carbocycles. The third-order valence-electron chi connectivity index (χ3n) is 0.605. The monoisotopic (exact) mass is 105 g/mol. The van der Waals surface area contributed by atoms with E-state index in [1.165, 1.54) is 0 Å². The second kappa shape index (κ2) is 4.21. The maximum atomic E-state index is 3.63. The summed E-state index contributed by atoms with van der Waals surface area (Å²) in [6.45, 7) is 8.91. The van der Waals surface area contributed by atoms with Crippen molar-refractivity contribution in [2.75, 3.05) is 0 Å². The molecule has 0 atom stereocenters. The topological polar surface area (TPSA) is 0 Å². The lowest BCUT2D eigenvalue weighted by atomic mass is 10.3. The SMILES string of the molecule is [CH2]/C(C#CC)=C\C=C. The van der Waals surface area contributed by atoms with Crippen molar-refractivity contribution >= 4 is 0 Å². The Labute approximate surface area is 50.9 Å². The molecule has 0 unspecified atom stereocenters. The van der Waals surface area contributed by atoms with Gasteiger partial charge in [0.2, 0.25) is 0 Å². The largest absolute Gasteiger partial charge is 0.102 e. The summed E-state index contributed by atoms with van der Waals surface area (Å²) in [5.41, 5.74) is 0.808. The third kappa shape index (κ3) is 3.24. The molecule has 0 aromatic heterocycles. The van der Waals surface area contributed by atoms with Crippen LogP contribution in [0.5, 0.6) is 0 Å². The van der Waals surface area contributed by atoms with Crippen molar-refractivity contribution in [3.05, 3.63) is 31.2 Å². The number of rotatable bonds is 1. The molecule has 0 aromatic rings. The molecule has 0 heterocycles. The molecule has 0 spiro atoms. The van der Waals surface area contributed by atoms with Crippen molar-refractivity contribution in [2.45, 2.75) is 6.92 Å². The lowest BCUT2D eigenvalue weighted by Gasteiger charge is -1.77. The summed E-state index contributed by atoms with van der Waals surface area (Å²) in [6.07, 6.45) is 3.45. The van der Waals surface area contributed by atoms with Crippen molar-refractivity contribution in [1.82, 2.24) is 0 Å². The highest BCUT2D eigenvalue weighted by molar-refractivity contribution is 5.32. The Balaban J connectivity index is 3.93. The second-order valence-electron chi connectivity index (χ2n) is 1.30. The zero-order valence-electron chi connectivity index (χ0n) is 5.07. The standard InChI is InChI=1S/C8H9/c1-4-6-8(3)7-5-2/h4,6H,1,3H2,2H3/b8-6+. The van der Waals surface area contributed by atoms with Crippen LogP contribution in [-0.2, 0) is 0 Å². The van der Waals surface area contributed by atoms with E-state index in [0.29, 0.717) is 0 Å².